The Labute approximate surface area is 109 Å². The fraction of sp³-hybridized carbons (Fsp3) is 0.214. The van der Waals surface area contributed by atoms with E-state index in [2.05, 4.69) is 51.6 Å². The predicted molar refractivity (Wildman–Crippen MR) is 75.0 cm³/mol. The van der Waals surface area contributed by atoms with Gasteiger partial charge in [0.25, 0.3) is 0 Å². The van der Waals surface area contributed by atoms with Crippen molar-refractivity contribution in [2.24, 2.45) is 0 Å². The molecular formula is C14H13BrN2. The van der Waals surface area contributed by atoms with Gasteiger partial charge < -0.3 is 5.32 Å². The maximum absolute atomic E-state index is 8.92. The van der Waals surface area contributed by atoms with Gasteiger partial charge in [-0.1, -0.05) is 35.0 Å². The van der Waals surface area contributed by atoms with Gasteiger partial charge in [0, 0.05) is 10.2 Å². The zero-order valence-electron chi connectivity index (χ0n) is 9.57. The van der Waals surface area contributed by atoms with E-state index < -0.39 is 0 Å². The molecule has 0 fully saturated rings. The molecule has 0 saturated carbocycles. The first-order valence-electron chi connectivity index (χ1n) is 5.58. The van der Waals surface area contributed by atoms with Crippen LogP contribution in [0, 0.1) is 11.3 Å². The monoisotopic (exact) mass is 288 g/mol. The Morgan fingerprint density at radius 2 is 1.94 bits per heavy atom. The van der Waals surface area contributed by atoms with Gasteiger partial charge in [-0.2, -0.15) is 5.26 Å². The molecular weight excluding hydrogens is 276 g/mol. The zero-order valence-corrected chi connectivity index (χ0v) is 11.2. The van der Waals surface area contributed by atoms with Crippen LogP contribution in [-0.4, -0.2) is 6.04 Å². The van der Waals surface area contributed by atoms with Crippen LogP contribution in [0.25, 0.3) is 10.8 Å². The van der Waals surface area contributed by atoms with E-state index in [4.69, 9.17) is 5.26 Å². The van der Waals surface area contributed by atoms with Crippen molar-refractivity contribution in [2.75, 3.05) is 5.32 Å². The Kier molecular flexibility index (Phi) is 3.65. The molecule has 3 heteroatoms. The third-order valence-corrected chi connectivity index (χ3v) is 3.20. The van der Waals surface area contributed by atoms with Crippen LogP contribution in [0.5, 0.6) is 0 Å². The van der Waals surface area contributed by atoms with E-state index in [-0.39, 0.29) is 6.04 Å². The van der Waals surface area contributed by atoms with Crippen molar-refractivity contribution < 1.29 is 0 Å². The van der Waals surface area contributed by atoms with E-state index >= 15 is 0 Å². The van der Waals surface area contributed by atoms with E-state index in [1.165, 1.54) is 10.8 Å². The minimum absolute atomic E-state index is 0.122. The number of nitrogens with zero attached hydrogens (tertiary/aromatic N) is 1. The molecule has 1 N–H and O–H groups in total. The SMILES string of the molecule is CCC(C#N)Nc1ccc2cc(Br)ccc2c1. The van der Waals surface area contributed by atoms with Gasteiger partial charge in [0.1, 0.15) is 6.04 Å². The summed E-state index contributed by atoms with van der Waals surface area (Å²) in [6.07, 6.45) is 0.800. The smallest absolute Gasteiger partial charge is 0.114 e. The maximum Gasteiger partial charge on any atom is 0.114 e. The number of nitrogens with one attached hydrogen (secondary N) is 1. The van der Waals surface area contributed by atoms with Gasteiger partial charge in [0.05, 0.1) is 6.07 Å². The summed E-state index contributed by atoms with van der Waals surface area (Å²) in [5.41, 5.74) is 0.994. The molecule has 0 bridgehead atoms. The molecule has 17 heavy (non-hydrogen) atoms. The second-order valence-electron chi connectivity index (χ2n) is 3.94. The predicted octanol–water partition coefficient (Wildman–Crippen LogP) is 4.32. The molecule has 0 radical (unpaired) electrons. The number of hydrogen-bond donors (Lipinski definition) is 1. The summed E-state index contributed by atoms with van der Waals surface area (Å²) < 4.78 is 1.08. The second-order valence-corrected chi connectivity index (χ2v) is 4.86. The Balaban J connectivity index is 2.32. The fourth-order valence-electron chi connectivity index (χ4n) is 1.73. The molecule has 2 aromatic rings. The summed E-state index contributed by atoms with van der Waals surface area (Å²) in [4.78, 5) is 0. The molecule has 1 atom stereocenters. The van der Waals surface area contributed by atoms with E-state index in [1.807, 2.05) is 19.1 Å². The van der Waals surface area contributed by atoms with Crippen LogP contribution in [0.3, 0.4) is 0 Å². The Morgan fingerprint density at radius 3 is 2.65 bits per heavy atom. The minimum atomic E-state index is -0.122. The number of nitriles is 1. The average molecular weight is 289 g/mol. The quantitative estimate of drug-likeness (QED) is 0.913. The molecule has 1 unspecified atom stereocenters. The largest absolute Gasteiger partial charge is 0.370 e. The third-order valence-electron chi connectivity index (χ3n) is 2.71. The van der Waals surface area contributed by atoms with Crippen LogP contribution in [0.15, 0.2) is 40.9 Å². The number of halogens is 1. The second kappa shape index (κ2) is 5.20. The first kappa shape index (κ1) is 11.9. The topological polar surface area (TPSA) is 35.8 Å². The number of rotatable bonds is 3. The van der Waals surface area contributed by atoms with Gasteiger partial charge in [-0.3, -0.25) is 0 Å². The molecule has 0 aliphatic carbocycles. The Morgan fingerprint density at radius 1 is 1.24 bits per heavy atom. The molecule has 2 aromatic carbocycles. The van der Waals surface area contributed by atoms with Gasteiger partial charge in [-0.15, -0.1) is 0 Å². The normalized spacial score (nSPS) is 12.1. The lowest BCUT2D eigenvalue weighted by Crippen LogP contribution is -2.15. The number of benzene rings is 2. The summed E-state index contributed by atoms with van der Waals surface area (Å²) in [6, 6.07) is 14.4. The third kappa shape index (κ3) is 2.78. The molecule has 0 aliphatic heterocycles. The first-order valence-corrected chi connectivity index (χ1v) is 6.37. The highest BCUT2D eigenvalue weighted by Crippen LogP contribution is 2.23. The van der Waals surface area contributed by atoms with Gasteiger partial charge in [-0.25, -0.2) is 0 Å². The summed E-state index contributed by atoms with van der Waals surface area (Å²) in [5, 5.41) is 14.5. The lowest BCUT2D eigenvalue weighted by atomic mass is 10.1. The maximum atomic E-state index is 8.92. The van der Waals surface area contributed by atoms with Crippen LogP contribution in [0.1, 0.15) is 13.3 Å². The highest BCUT2D eigenvalue weighted by atomic mass is 79.9. The molecule has 0 saturated heterocycles. The summed E-state index contributed by atoms with van der Waals surface area (Å²) in [7, 11) is 0. The van der Waals surface area contributed by atoms with E-state index in [1.54, 1.807) is 0 Å². The van der Waals surface area contributed by atoms with Gasteiger partial charge >= 0.3 is 0 Å². The van der Waals surface area contributed by atoms with Crippen molar-refractivity contribution in [3.63, 3.8) is 0 Å². The van der Waals surface area contributed by atoms with Gasteiger partial charge in [0.2, 0.25) is 0 Å². The minimum Gasteiger partial charge on any atom is -0.370 e. The van der Waals surface area contributed by atoms with Crippen molar-refractivity contribution in [1.82, 2.24) is 0 Å². The summed E-state index contributed by atoms with van der Waals surface area (Å²) >= 11 is 3.45. The van der Waals surface area contributed by atoms with Crippen molar-refractivity contribution in [3.05, 3.63) is 40.9 Å². The molecule has 0 aliphatic rings. The van der Waals surface area contributed by atoms with Crippen LogP contribution in [0.2, 0.25) is 0 Å². The van der Waals surface area contributed by atoms with Crippen molar-refractivity contribution in [3.8, 4) is 6.07 Å². The lowest BCUT2D eigenvalue weighted by Gasteiger charge is -2.11. The Hall–Kier alpha value is -1.53. The van der Waals surface area contributed by atoms with Crippen LogP contribution < -0.4 is 5.32 Å². The zero-order chi connectivity index (χ0) is 12.3. The number of hydrogen-bond acceptors (Lipinski definition) is 2. The van der Waals surface area contributed by atoms with E-state index in [0.29, 0.717) is 0 Å². The van der Waals surface area contributed by atoms with Crippen LogP contribution >= 0.6 is 15.9 Å². The average Bonchev–Trinajstić information content (AvgIpc) is 2.36. The highest BCUT2D eigenvalue weighted by Gasteiger charge is 2.04. The molecule has 0 spiro atoms. The molecule has 2 rings (SSSR count). The van der Waals surface area contributed by atoms with Crippen LogP contribution in [-0.2, 0) is 0 Å². The summed E-state index contributed by atoms with van der Waals surface area (Å²) in [5.74, 6) is 0. The number of anilines is 1. The molecule has 86 valence electrons. The van der Waals surface area contributed by atoms with Crippen molar-refractivity contribution in [2.45, 2.75) is 19.4 Å². The Bertz CT molecular complexity index is 572. The highest BCUT2D eigenvalue weighted by molar-refractivity contribution is 9.10. The van der Waals surface area contributed by atoms with Crippen LogP contribution in [0.4, 0.5) is 5.69 Å². The lowest BCUT2D eigenvalue weighted by molar-refractivity contribution is 0.846. The first-order chi connectivity index (χ1) is 8.22. The summed E-state index contributed by atoms with van der Waals surface area (Å²) in [6.45, 7) is 2.00. The number of fused-ring (bicyclic) bond motifs is 1. The van der Waals surface area contributed by atoms with Gasteiger partial charge in [0.15, 0.2) is 0 Å². The molecule has 0 aromatic heterocycles. The van der Waals surface area contributed by atoms with E-state index in [0.717, 1.165) is 16.6 Å². The van der Waals surface area contributed by atoms with E-state index in [9.17, 15) is 0 Å². The van der Waals surface area contributed by atoms with Crippen molar-refractivity contribution in [1.29, 1.82) is 5.26 Å². The standard InChI is InChI=1S/C14H13BrN2/c1-2-13(9-16)17-14-6-4-10-7-12(15)5-3-11(10)8-14/h3-8,13,17H,2H2,1H3. The fourth-order valence-corrected chi connectivity index (χ4v) is 2.11. The van der Waals surface area contributed by atoms with Crippen molar-refractivity contribution >= 4 is 32.4 Å². The molecule has 2 nitrogen and oxygen atoms in total. The molecule has 0 heterocycles. The molecule has 0 amide bonds. The van der Waals surface area contributed by atoms with Gasteiger partial charge in [-0.05, 0) is 41.5 Å².